The van der Waals surface area contributed by atoms with Gasteiger partial charge in [-0.3, -0.25) is 0 Å². The summed E-state index contributed by atoms with van der Waals surface area (Å²) in [6.45, 7) is 0. The van der Waals surface area contributed by atoms with Crippen molar-refractivity contribution in [2.24, 2.45) is 5.14 Å². The largest absolute Gasteiger partial charge is 0.507 e. The maximum absolute atomic E-state index is 10.7. The third kappa shape index (κ3) is 2.82. The summed E-state index contributed by atoms with van der Waals surface area (Å²) in [4.78, 5) is 0. The minimum absolute atomic E-state index is 0.124. The molecule has 0 aromatic heterocycles. The topological polar surface area (TPSA) is 104 Å². The second-order valence-corrected chi connectivity index (χ2v) is 4.42. The van der Waals surface area contributed by atoms with E-state index in [9.17, 15) is 13.5 Å². The molecule has 0 bridgehead atoms. The minimum atomic E-state index is -3.72. The van der Waals surface area contributed by atoms with E-state index in [0.717, 1.165) is 0 Å². The van der Waals surface area contributed by atoms with Gasteiger partial charge < -0.3 is 10.5 Å². The third-order valence-corrected chi connectivity index (χ3v) is 2.27. The molecular formula is C8H10N2O3S. The minimum Gasteiger partial charge on any atom is -0.507 e. The summed E-state index contributed by atoms with van der Waals surface area (Å²) in [6, 6.07) is 6.03. The summed E-state index contributed by atoms with van der Waals surface area (Å²) < 4.78 is 21.4. The van der Waals surface area contributed by atoms with Gasteiger partial charge in [-0.2, -0.15) is 0 Å². The number of nitrogens with one attached hydrogen (secondary N) is 1. The first-order chi connectivity index (χ1) is 6.40. The molecule has 0 unspecified atom stereocenters. The van der Waals surface area contributed by atoms with E-state index in [-0.39, 0.29) is 17.0 Å². The summed E-state index contributed by atoms with van der Waals surface area (Å²) >= 11 is 0. The Hall–Kier alpha value is -1.40. The van der Waals surface area contributed by atoms with Crippen LogP contribution in [0.3, 0.4) is 0 Å². The average Bonchev–Trinajstić information content (AvgIpc) is 2.01. The highest BCUT2D eigenvalue weighted by Gasteiger charge is 2.12. The lowest BCUT2D eigenvalue weighted by atomic mass is 10.1. The molecule has 5 nitrogen and oxygen atoms in total. The Morgan fingerprint density at radius 1 is 1.43 bits per heavy atom. The van der Waals surface area contributed by atoms with Crippen molar-refractivity contribution in [1.82, 2.24) is 0 Å². The number of aromatic hydroxyl groups is 1. The Labute approximate surface area is 81.7 Å². The number of primary sulfonamides is 1. The number of rotatable bonds is 3. The van der Waals surface area contributed by atoms with Crippen molar-refractivity contribution in [3.63, 3.8) is 0 Å². The monoisotopic (exact) mass is 214 g/mol. The third-order valence-electron chi connectivity index (χ3n) is 1.57. The normalized spacial score (nSPS) is 11.2. The van der Waals surface area contributed by atoms with Gasteiger partial charge >= 0.3 is 0 Å². The zero-order valence-electron chi connectivity index (χ0n) is 7.27. The molecule has 0 fully saturated rings. The van der Waals surface area contributed by atoms with E-state index < -0.39 is 15.8 Å². The molecule has 1 rings (SSSR count). The van der Waals surface area contributed by atoms with E-state index >= 15 is 0 Å². The van der Waals surface area contributed by atoms with Gasteiger partial charge in [0.25, 0.3) is 0 Å². The molecule has 0 spiro atoms. The Kier molecular flexibility index (Phi) is 2.87. The maximum Gasteiger partial charge on any atom is 0.214 e. The Morgan fingerprint density at radius 3 is 2.50 bits per heavy atom. The lowest BCUT2D eigenvalue weighted by Crippen LogP contribution is -2.23. The van der Waals surface area contributed by atoms with E-state index in [4.69, 9.17) is 10.5 Å². The van der Waals surface area contributed by atoms with Crippen LogP contribution in [0, 0.1) is 5.41 Å². The molecule has 4 N–H and O–H groups in total. The smallest absolute Gasteiger partial charge is 0.214 e. The van der Waals surface area contributed by atoms with Crippen LogP contribution in [0.4, 0.5) is 0 Å². The number of hydrogen-bond donors (Lipinski definition) is 3. The van der Waals surface area contributed by atoms with Crippen LogP contribution in [0.5, 0.6) is 5.75 Å². The van der Waals surface area contributed by atoms with E-state index in [1.54, 1.807) is 12.1 Å². The summed E-state index contributed by atoms with van der Waals surface area (Å²) in [7, 11) is -3.72. The van der Waals surface area contributed by atoms with Crippen LogP contribution < -0.4 is 5.14 Å². The molecule has 0 aliphatic carbocycles. The van der Waals surface area contributed by atoms with Gasteiger partial charge in [-0.05, 0) is 12.1 Å². The zero-order valence-corrected chi connectivity index (χ0v) is 8.08. The maximum atomic E-state index is 10.7. The van der Waals surface area contributed by atoms with Gasteiger partial charge in [0.05, 0.1) is 5.71 Å². The fraction of sp³-hybridized carbons (Fsp3) is 0.125. The van der Waals surface area contributed by atoms with Crippen molar-refractivity contribution in [2.45, 2.75) is 0 Å². The molecule has 0 amide bonds. The number of sulfonamides is 1. The van der Waals surface area contributed by atoms with Gasteiger partial charge in [0.1, 0.15) is 11.5 Å². The van der Waals surface area contributed by atoms with E-state index in [0.29, 0.717) is 0 Å². The SMILES string of the molecule is N=C(CS(N)(=O)=O)c1ccccc1O. The number of phenols is 1. The molecule has 0 radical (unpaired) electrons. The quantitative estimate of drug-likeness (QED) is 0.619. The van der Waals surface area contributed by atoms with E-state index in [1.807, 2.05) is 0 Å². The number of nitrogens with two attached hydrogens (primary N) is 1. The van der Waals surface area contributed by atoms with Crippen LogP contribution in [0.2, 0.25) is 0 Å². The molecular weight excluding hydrogens is 204 g/mol. The van der Waals surface area contributed by atoms with Gasteiger partial charge in [-0.25, -0.2) is 13.6 Å². The molecule has 1 aromatic rings. The fourth-order valence-electron chi connectivity index (χ4n) is 1.01. The Balaban J connectivity index is 2.97. The van der Waals surface area contributed by atoms with Gasteiger partial charge in [-0.1, -0.05) is 12.1 Å². The molecule has 14 heavy (non-hydrogen) atoms. The molecule has 0 saturated carbocycles. The average molecular weight is 214 g/mol. The van der Waals surface area contributed by atoms with Crippen LogP contribution in [0.25, 0.3) is 0 Å². The van der Waals surface area contributed by atoms with Gasteiger partial charge in [0, 0.05) is 5.56 Å². The van der Waals surface area contributed by atoms with Crippen molar-refractivity contribution in [2.75, 3.05) is 5.75 Å². The Morgan fingerprint density at radius 2 is 2.00 bits per heavy atom. The Bertz CT molecular complexity index is 453. The standard InChI is InChI=1S/C8H10N2O3S/c9-7(5-14(10,12)13)6-3-1-2-4-8(6)11/h1-4,9,11H,5H2,(H2,10,12,13). The van der Waals surface area contributed by atoms with Crippen LogP contribution >= 0.6 is 0 Å². The predicted molar refractivity (Wildman–Crippen MR) is 52.9 cm³/mol. The van der Waals surface area contributed by atoms with Crippen LogP contribution in [0.1, 0.15) is 5.56 Å². The van der Waals surface area contributed by atoms with Crippen LogP contribution in [0.15, 0.2) is 24.3 Å². The van der Waals surface area contributed by atoms with Crippen LogP contribution in [-0.4, -0.2) is 25.0 Å². The predicted octanol–water partition coefficient (Wildman–Crippen LogP) is 0.0486. The molecule has 1 aromatic carbocycles. The second kappa shape index (κ2) is 3.77. The molecule has 6 heteroatoms. The highest BCUT2D eigenvalue weighted by molar-refractivity contribution is 7.89. The summed E-state index contributed by atoms with van der Waals surface area (Å²) in [6.07, 6.45) is 0. The number of benzene rings is 1. The van der Waals surface area contributed by atoms with Gasteiger partial charge in [-0.15, -0.1) is 0 Å². The molecule has 0 heterocycles. The van der Waals surface area contributed by atoms with Crippen molar-refractivity contribution < 1.29 is 13.5 Å². The molecule has 76 valence electrons. The van der Waals surface area contributed by atoms with E-state index in [2.05, 4.69) is 0 Å². The lowest BCUT2D eigenvalue weighted by molar-refractivity contribution is 0.474. The zero-order chi connectivity index (χ0) is 10.8. The second-order valence-electron chi connectivity index (χ2n) is 2.80. The molecule has 0 aliphatic heterocycles. The highest BCUT2D eigenvalue weighted by atomic mass is 32.2. The van der Waals surface area contributed by atoms with Gasteiger partial charge in [0.2, 0.25) is 10.0 Å². The van der Waals surface area contributed by atoms with E-state index in [1.165, 1.54) is 12.1 Å². The fourth-order valence-corrected chi connectivity index (χ4v) is 1.57. The van der Waals surface area contributed by atoms with Crippen molar-refractivity contribution in [3.8, 4) is 5.75 Å². The van der Waals surface area contributed by atoms with Crippen LogP contribution in [-0.2, 0) is 10.0 Å². The van der Waals surface area contributed by atoms with Crippen molar-refractivity contribution >= 4 is 15.7 Å². The molecule has 0 atom stereocenters. The summed E-state index contributed by atoms with van der Waals surface area (Å²) in [5.74, 6) is -0.703. The van der Waals surface area contributed by atoms with Gasteiger partial charge in [0.15, 0.2) is 0 Å². The molecule has 0 saturated heterocycles. The van der Waals surface area contributed by atoms with Crippen molar-refractivity contribution in [1.29, 1.82) is 5.41 Å². The first-order valence-corrected chi connectivity index (χ1v) is 5.48. The lowest BCUT2D eigenvalue weighted by Gasteiger charge is -2.04. The number of para-hydroxylation sites is 1. The first-order valence-electron chi connectivity index (χ1n) is 3.76. The summed E-state index contributed by atoms with van der Waals surface area (Å²) in [5.41, 5.74) is -0.0351. The number of hydrogen-bond acceptors (Lipinski definition) is 4. The highest BCUT2D eigenvalue weighted by Crippen LogP contribution is 2.16. The number of phenolic OH excluding ortho intramolecular Hbond substituents is 1. The summed E-state index contributed by atoms with van der Waals surface area (Å²) in [5, 5.41) is 21.5. The first kappa shape index (κ1) is 10.7. The molecule has 0 aliphatic rings. The van der Waals surface area contributed by atoms with Crippen molar-refractivity contribution in [3.05, 3.63) is 29.8 Å².